The lowest BCUT2D eigenvalue weighted by Crippen LogP contribution is -2.27. The van der Waals surface area contributed by atoms with E-state index in [1.165, 1.54) is 11.3 Å². The van der Waals surface area contributed by atoms with E-state index in [1.807, 2.05) is 0 Å². The summed E-state index contributed by atoms with van der Waals surface area (Å²) >= 11 is 1.30. The lowest BCUT2D eigenvalue weighted by molar-refractivity contribution is 0.0890. The summed E-state index contributed by atoms with van der Waals surface area (Å²) in [6, 6.07) is 0.501. The number of amides is 1. The first-order valence-corrected chi connectivity index (χ1v) is 7.76. The van der Waals surface area contributed by atoms with Gasteiger partial charge >= 0.3 is 0 Å². The number of hydrogen-bond donors (Lipinski definition) is 3. The molecule has 1 fully saturated rings. The Bertz CT molecular complexity index is 457. The molecule has 6 nitrogen and oxygen atoms in total. The van der Waals surface area contributed by atoms with Crippen molar-refractivity contribution in [3.63, 3.8) is 0 Å². The zero-order chi connectivity index (χ0) is 14.5. The zero-order valence-corrected chi connectivity index (χ0v) is 12.8. The van der Waals surface area contributed by atoms with Gasteiger partial charge in [0.1, 0.15) is 10.7 Å². The molecule has 112 valence electrons. The quantitative estimate of drug-likeness (QED) is 0.636. The van der Waals surface area contributed by atoms with Crippen LogP contribution in [0.25, 0.3) is 0 Å². The second-order valence-corrected chi connectivity index (χ2v) is 6.38. The molecule has 1 heterocycles. The van der Waals surface area contributed by atoms with E-state index < -0.39 is 0 Å². The molecule has 2 rings (SSSR count). The fourth-order valence-corrected chi connectivity index (χ4v) is 2.47. The van der Waals surface area contributed by atoms with Crippen molar-refractivity contribution in [1.82, 2.24) is 10.3 Å². The molecule has 20 heavy (non-hydrogen) atoms. The molecule has 0 radical (unpaired) electrons. The number of anilines is 2. The Morgan fingerprint density at radius 2 is 2.30 bits per heavy atom. The highest BCUT2D eigenvalue weighted by molar-refractivity contribution is 7.18. The van der Waals surface area contributed by atoms with Crippen LogP contribution in [-0.2, 0) is 4.74 Å². The Morgan fingerprint density at radius 1 is 1.55 bits per heavy atom. The van der Waals surface area contributed by atoms with Gasteiger partial charge in [0.25, 0.3) is 5.91 Å². The normalized spacial score (nSPS) is 14.6. The van der Waals surface area contributed by atoms with Crippen molar-refractivity contribution in [2.45, 2.75) is 32.7 Å². The molecule has 0 aromatic carbocycles. The highest BCUT2D eigenvalue weighted by atomic mass is 32.1. The Balaban J connectivity index is 1.75. The Hall–Kier alpha value is -1.34. The van der Waals surface area contributed by atoms with Gasteiger partial charge in [0, 0.05) is 19.2 Å². The van der Waals surface area contributed by atoms with Crippen molar-refractivity contribution in [2.75, 3.05) is 30.8 Å². The number of thiazole rings is 1. The summed E-state index contributed by atoms with van der Waals surface area (Å²) in [6.07, 6.45) is 2.32. The molecule has 1 aliphatic carbocycles. The predicted molar refractivity (Wildman–Crippen MR) is 81.2 cm³/mol. The lowest BCUT2D eigenvalue weighted by Gasteiger charge is -2.07. The summed E-state index contributed by atoms with van der Waals surface area (Å²) in [5.41, 5.74) is 5.78. The largest absolute Gasteiger partial charge is 0.382 e. The first kappa shape index (κ1) is 15.1. The number of rotatable bonds is 8. The fraction of sp³-hybridized carbons (Fsp3) is 0.692. The molecule has 1 saturated carbocycles. The molecule has 0 bridgehead atoms. The highest BCUT2D eigenvalue weighted by Gasteiger charge is 2.24. The van der Waals surface area contributed by atoms with Crippen molar-refractivity contribution in [3.05, 3.63) is 4.88 Å². The van der Waals surface area contributed by atoms with Crippen LogP contribution >= 0.6 is 11.3 Å². The maximum atomic E-state index is 12.0. The molecule has 1 aromatic rings. The minimum atomic E-state index is -0.183. The van der Waals surface area contributed by atoms with Gasteiger partial charge in [-0.3, -0.25) is 4.79 Å². The van der Waals surface area contributed by atoms with E-state index in [2.05, 4.69) is 29.5 Å². The molecule has 0 saturated heterocycles. The summed E-state index contributed by atoms with van der Waals surface area (Å²) in [4.78, 5) is 16.6. The smallest absolute Gasteiger partial charge is 0.265 e. The number of ether oxygens (including phenoxy) is 1. The summed E-state index contributed by atoms with van der Waals surface area (Å²) in [7, 11) is 0. The summed E-state index contributed by atoms with van der Waals surface area (Å²) in [5.74, 6) is 0.606. The maximum absolute atomic E-state index is 12.0. The van der Waals surface area contributed by atoms with Gasteiger partial charge in [-0.05, 0) is 18.8 Å². The van der Waals surface area contributed by atoms with Crippen molar-refractivity contribution in [1.29, 1.82) is 0 Å². The number of nitrogens with one attached hydrogen (secondary N) is 2. The Labute approximate surface area is 123 Å². The van der Waals surface area contributed by atoms with Crippen LogP contribution in [0.15, 0.2) is 0 Å². The van der Waals surface area contributed by atoms with E-state index in [0.717, 1.165) is 18.0 Å². The number of nitrogens with two attached hydrogens (primary N) is 1. The Morgan fingerprint density at radius 3 is 2.95 bits per heavy atom. The molecule has 0 unspecified atom stereocenters. The van der Waals surface area contributed by atoms with Gasteiger partial charge in [0.2, 0.25) is 0 Å². The van der Waals surface area contributed by atoms with Gasteiger partial charge in [0.05, 0.1) is 6.61 Å². The van der Waals surface area contributed by atoms with E-state index >= 15 is 0 Å². The third-order valence-electron chi connectivity index (χ3n) is 2.75. The monoisotopic (exact) mass is 298 g/mol. The average Bonchev–Trinajstić information content (AvgIpc) is 3.10. The highest BCUT2D eigenvalue weighted by Crippen LogP contribution is 2.30. The standard InChI is InChI=1S/C13H22N4O2S/c1-8(2)7-19-6-5-15-12(18)10-11(14)17-13(20-10)16-9-3-4-9/h8-9H,3-7,14H2,1-2H3,(H,15,18)(H,16,17). The molecular formula is C13H22N4O2S. The maximum Gasteiger partial charge on any atom is 0.265 e. The van der Waals surface area contributed by atoms with E-state index in [1.54, 1.807) is 0 Å². The fourth-order valence-electron chi connectivity index (χ4n) is 1.59. The van der Waals surface area contributed by atoms with Crippen molar-refractivity contribution in [3.8, 4) is 0 Å². The number of carbonyl (C=O) groups excluding carboxylic acids is 1. The van der Waals surface area contributed by atoms with Gasteiger partial charge in [-0.15, -0.1) is 0 Å². The molecule has 0 spiro atoms. The zero-order valence-electron chi connectivity index (χ0n) is 11.9. The van der Waals surface area contributed by atoms with E-state index in [9.17, 15) is 4.79 Å². The van der Waals surface area contributed by atoms with Crippen LogP contribution in [0.5, 0.6) is 0 Å². The third-order valence-corrected chi connectivity index (χ3v) is 3.75. The van der Waals surface area contributed by atoms with Crippen LogP contribution in [0.4, 0.5) is 10.9 Å². The van der Waals surface area contributed by atoms with Gasteiger partial charge in [-0.1, -0.05) is 25.2 Å². The molecule has 1 aliphatic rings. The van der Waals surface area contributed by atoms with Crippen LogP contribution in [0.1, 0.15) is 36.4 Å². The van der Waals surface area contributed by atoms with E-state index in [4.69, 9.17) is 10.5 Å². The van der Waals surface area contributed by atoms with Crippen LogP contribution in [-0.4, -0.2) is 36.7 Å². The number of carbonyl (C=O) groups is 1. The van der Waals surface area contributed by atoms with Gasteiger partial charge < -0.3 is 21.1 Å². The van der Waals surface area contributed by atoms with Crippen molar-refractivity contribution in [2.24, 2.45) is 5.92 Å². The summed E-state index contributed by atoms with van der Waals surface area (Å²) in [6.45, 7) is 5.87. The number of nitrogens with zero attached hydrogens (tertiary/aromatic N) is 1. The minimum absolute atomic E-state index is 0.183. The predicted octanol–water partition coefficient (Wildman–Crippen LogP) is 1.70. The number of hydrogen-bond acceptors (Lipinski definition) is 6. The van der Waals surface area contributed by atoms with Crippen molar-refractivity contribution >= 4 is 28.2 Å². The third kappa shape index (κ3) is 4.64. The number of nitrogen functional groups attached to an aromatic ring is 1. The molecule has 1 amide bonds. The summed E-state index contributed by atoms with van der Waals surface area (Å²) < 4.78 is 5.41. The topological polar surface area (TPSA) is 89.3 Å². The second-order valence-electron chi connectivity index (χ2n) is 5.38. The van der Waals surface area contributed by atoms with Crippen molar-refractivity contribution < 1.29 is 9.53 Å². The van der Waals surface area contributed by atoms with Crippen LogP contribution < -0.4 is 16.4 Å². The van der Waals surface area contributed by atoms with E-state index in [0.29, 0.717) is 42.4 Å². The Kier molecular flexibility index (Phi) is 5.19. The first-order chi connectivity index (χ1) is 9.56. The average molecular weight is 298 g/mol. The second kappa shape index (κ2) is 6.90. The minimum Gasteiger partial charge on any atom is -0.382 e. The molecule has 1 aromatic heterocycles. The van der Waals surface area contributed by atoms with Crippen LogP contribution in [0.3, 0.4) is 0 Å². The molecule has 4 N–H and O–H groups in total. The van der Waals surface area contributed by atoms with Gasteiger partial charge in [-0.2, -0.15) is 0 Å². The lowest BCUT2D eigenvalue weighted by atomic mass is 10.2. The van der Waals surface area contributed by atoms with Crippen LogP contribution in [0.2, 0.25) is 0 Å². The molecule has 0 aliphatic heterocycles. The van der Waals surface area contributed by atoms with Gasteiger partial charge in [-0.25, -0.2) is 4.98 Å². The number of aromatic nitrogens is 1. The van der Waals surface area contributed by atoms with Crippen LogP contribution in [0, 0.1) is 5.92 Å². The first-order valence-electron chi connectivity index (χ1n) is 6.95. The summed E-state index contributed by atoms with van der Waals surface area (Å²) in [5, 5.41) is 6.77. The SMILES string of the molecule is CC(C)COCCNC(=O)c1sc(NC2CC2)nc1N. The van der Waals surface area contributed by atoms with E-state index in [-0.39, 0.29) is 5.91 Å². The molecule has 7 heteroatoms. The molecule has 0 atom stereocenters. The molecular weight excluding hydrogens is 276 g/mol. The van der Waals surface area contributed by atoms with Gasteiger partial charge in [0.15, 0.2) is 5.13 Å².